The molecule has 32 heavy (non-hydrogen) atoms. The van der Waals surface area contributed by atoms with Crippen LogP contribution in [0.5, 0.6) is 0 Å². The molecule has 0 heterocycles. The number of rotatable bonds is 8. The molecule has 0 amide bonds. The van der Waals surface area contributed by atoms with Gasteiger partial charge in [-0.25, -0.2) is 23.3 Å². The van der Waals surface area contributed by atoms with Crippen LogP contribution in [0.2, 0.25) is 0 Å². The molecule has 165 valence electrons. The first-order chi connectivity index (χ1) is 15.3. The van der Waals surface area contributed by atoms with Crippen LogP contribution in [0.25, 0.3) is 0 Å². The molecule has 2 aromatic rings. The number of unbranched alkanes of at least 4 members (excludes halogenated alkanes) is 2. The quantitative estimate of drug-likeness (QED) is 0.317. The maximum atomic E-state index is 3.30. The third-order valence-corrected chi connectivity index (χ3v) is 5.06. The summed E-state index contributed by atoms with van der Waals surface area (Å²) in [7, 11) is 0. The number of benzene rings is 2. The Hall–Kier alpha value is -1.85. The summed E-state index contributed by atoms with van der Waals surface area (Å²) in [6, 6.07) is 20.7. The first kappa shape index (κ1) is 28.2. The molecule has 1 heteroatoms. The van der Waals surface area contributed by atoms with Crippen molar-refractivity contribution in [1.29, 1.82) is 0 Å². The molecule has 0 aliphatic heterocycles. The Morgan fingerprint density at radius 1 is 0.656 bits per heavy atom. The molecule has 0 fully saturated rings. The van der Waals surface area contributed by atoms with Crippen LogP contribution in [0.1, 0.15) is 76.3 Å². The molecule has 0 N–H and O–H groups in total. The van der Waals surface area contributed by atoms with E-state index in [4.69, 9.17) is 0 Å². The van der Waals surface area contributed by atoms with Gasteiger partial charge in [0.25, 0.3) is 0 Å². The number of hydrogen-bond acceptors (Lipinski definition) is 0. The van der Waals surface area contributed by atoms with Gasteiger partial charge in [0, 0.05) is 0 Å². The third-order valence-electron chi connectivity index (χ3n) is 5.06. The standard InChI is InChI=1S/C13H11.2C9H13.Zr/c1-3-7-12(8-4-1)11-13-9-5-2-6-10-13;2*1-2-3-6-9-7-4-5-8-9;/h1-11H;2*4,7H,2-3,5-6H2,1H3;/q3*-1;+3. The normalized spacial score (nSPS) is 13.1. The fourth-order valence-electron chi connectivity index (χ4n) is 3.27. The van der Waals surface area contributed by atoms with Crippen LogP contribution in [-0.2, 0) is 26.2 Å². The predicted molar refractivity (Wildman–Crippen MR) is 135 cm³/mol. The fraction of sp³-hybridized carbons (Fsp3) is 0.323. The molecule has 2 aromatic carbocycles. The summed E-state index contributed by atoms with van der Waals surface area (Å²) in [5.41, 5.74) is 5.32. The molecule has 0 spiro atoms. The van der Waals surface area contributed by atoms with E-state index >= 15 is 0 Å². The summed E-state index contributed by atoms with van der Waals surface area (Å²) in [6.07, 6.45) is 27.2. The fourth-order valence-corrected chi connectivity index (χ4v) is 3.27. The van der Waals surface area contributed by atoms with Gasteiger partial charge >= 0.3 is 26.2 Å². The van der Waals surface area contributed by atoms with Gasteiger partial charge in [0.2, 0.25) is 0 Å². The number of allylic oxidation sites excluding steroid dienone is 8. The molecule has 0 saturated heterocycles. The average Bonchev–Trinajstić information content (AvgIpc) is 3.53. The average molecular weight is 501 g/mol. The first-order valence-electron chi connectivity index (χ1n) is 11.8. The van der Waals surface area contributed by atoms with Gasteiger partial charge in [0.15, 0.2) is 0 Å². The van der Waals surface area contributed by atoms with Gasteiger partial charge in [-0.15, -0.1) is 54.7 Å². The van der Waals surface area contributed by atoms with E-state index in [1.165, 1.54) is 60.8 Å². The number of hydrogen-bond donors (Lipinski definition) is 0. The Balaban J connectivity index is 0.000000243. The van der Waals surface area contributed by atoms with Crippen LogP contribution >= 0.6 is 0 Å². The van der Waals surface area contributed by atoms with Gasteiger partial charge in [-0.05, 0) is 0 Å². The van der Waals surface area contributed by atoms with Crippen molar-refractivity contribution in [1.82, 2.24) is 0 Å². The van der Waals surface area contributed by atoms with E-state index in [-0.39, 0.29) is 26.2 Å². The summed E-state index contributed by atoms with van der Waals surface area (Å²) in [5.74, 6) is 0. The Morgan fingerprint density at radius 3 is 1.38 bits per heavy atom. The van der Waals surface area contributed by atoms with Crippen LogP contribution in [0.4, 0.5) is 0 Å². The summed E-state index contributed by atoms with van der Waals surface area (Å²) in [5, 5.41) is 0. The van der Waals surface area contributed by atoms with Crippen molar-refractivity contribution in [3.05, 3.63) is 126 Å². The van der Waals surface area contributed by atoms with Crippen molar-refractivity contribution in [3.8, 4) is 0 Å². The maximum absolute atomic E-state index is 3.30. The Kier molecular flexibility index (Phi) is 16.5. The van der Waals surface area contributed by atoms with Gasteiger partial charge in [0.1, 0.15) is 0 Å². The van der Waals surface area contributed by atoms with Crippen molar-refractivity contribution < 1.29 is 26.2 Å². The smallest absolute Gasteiger partial charge is 0.269 e. The van der Waals surface area contributed by atoms with Gasteiger partial charge in [-0.2, -0.15) is 12.2 Å². The molecule has 0 unspecified atom stereocenters. The van der Waals surface area contributed by atoms with E-state index < -0.39 is 0 Å². The van der Waals surface area contributed by atoms with Crippen molar-refractivity contribution >= 4 is 0 Å². The van der Waals surface area contributed by atoms with Crippen LogP contribution in [0.15, 0.2) is 96.1 Å². The second-order valence-electron chi connectivity index (χ2n) is 7.79. The molecule has 2 aliphatic rings. The van der Waals surface area contributed by atoms with Crippen molar-refractivity contribution in [2.24, 2.45) is 0 Å². The van der Waals surface area contributed by atoms with Gasteiger partial charge in [-0.3, -0.25) is 12.2 Å². The zero-order chi connectivity index (χ0) is 22.0. The summed E-state index contributed by atoms with van der Waals surface area (Å²) < 4.78 is 0. The topological polar surface area (TPSA) is 0 Å². The predicted octanol–water partition coefficient (Wildman–Crippen LogP) is 9.02. The van der Waals surface area contributed by atoms with Gasteiger partial charge in [0.05, 0.1) is 0 Å². The van der Waals surface area contributed by atoms with E-state index in [1.54, 1.807) is 0 Å². The van der Waals surface area contributed by atoms with Crippen molar-refractivity contribution in [2.45, 2.75) is 65.2 Å². The molecule has 0 aromatic heterocycles. The minimum Gasteiger partial charge on any atom is -0.269 e. The second-order valence-corrected chi connectivity index (χ2v) is 7.79. The Bertz CT molecular complexity index is 754. The summed E-state index contributed by atoms with van der Waals surface area (Å²) in [4.78, 5) is 0. The SMILES string of the molecule is CCCCC1=[C-]CC=C1.CCCCC1=[C-]CC=C1.[Zr+3].c1ccc([CH-]c2ccccc2)cc1. The monoisotopic (exact) mass is 499 g/mol. The van der Waals surface area contributed by atoms with Crippen molar-refractivity contribution in [3.63, 3.8) is 0 Å². The van der Waals surface area contributed by atoms with Crippen LogP contribution in [0.3, 0.4) is 0 Å². The molecule has 2 aliphatic carbocycles. The van der Waals surface area contributed by atoms with Crippen molar-refractivity contribution in [2.75, 3.05) is 0 Å². The molecule has 1 radical (unpaired) electrons. The molecule has 4 rings (SSSR count). The Morgan fingerprint density at radius 2 is 1.06 bits per heavy atom. The van der Waals surface area contributed by atoms with E-state index in [2.05, 4.69) is 105 Å². The summed E-state index contributed by atoms with van der Waals surface area (Å²) >= 11 is 0. The van der Waals surface area contributed by atoms with E-state index in [0.29, 0.717) is 0 Å². The minimum atomic E-state index is 0. The van der Waals surface area contributed by atoms with Crippen LogP contribution in [-0.4, -0.2) is 0 Å². The molecular formula is C31H37Zr. The van der Waals surface area contributed by atoms with Gasteiger partial charge < -0.3 is 0 Å². The van der Waals surface area contributed by atoms with E-state index in [1.807, 2.05) is 12.1 Å². The minimum absolute atomic E-state index is 0. The third kappa shape index (κ3) is 12.9. The molecular weight excluding hydrogens is 464 g/mol. The first-order valence-corrected chi connectivity index (χ1v) is 11.8. The summed E-state index contributed by atoms with van der Waals surface area (Å²) in [6.45, 7) is 4.44. The largest absolute Gasteiger partial charge is 3.00 e. The molecule has 0 bridgehead atoms. The second kappa shape index (κ2) is 18.7. The van der Waals surface area contributed by atoms with Crippen LogP contribution in [0, 0.1) is 18.6 Å². The van der Waals surface area contributed by atoms with E-state index in [9.17, 15) is 0 Å². The van der Waals surface area contributed by atoms with Crippen LogP contribution < -0.4 is 0 Å². The zero-order valence-electron chi connectivity index (χ0n) is 19.8. The molecule has 0 nitrogen and oxygen atoms in total. The molecule has 0 atom stereocenters. The zero-order valence-corrected chi connectivity index (χ0v) is 22.3. The maximum Gasteiger partial charge on any atom is 3.00 e. The van der Waals surface area contributed by atoms with Gasteiger partial charge in [-0.1, -0.05) is 88.8 Å². The Labute approximate surface area is 216 Å². The van der Waals surface area contributed by atoms with E-state index in [0.717, 1.165) is 12.8 Å². The molecule has 0 saturated carbocycles.